The Morgan fingerprint density at radius 1 is 1.40 bits per heavy atom. The molecule has 0 spiro atoms. The molecule has 0 bridgehead atoms. The molecular weight excluding hydrogens is 244 g/mol. The van der Waals surface area contributed by atoms with E-state index in [1.54, 1.807) is 0 Å². The summed E-state index contributed by atoms with van der Waals surface area (Å²) in [6, 6.07) is 1.91. The molecule has 0 saturated carbocycles. The molecule has 1 rings (SSSR count). The Hall–Kier alpha value is -1.27. The topological polar surface area (TPSA) is 91.7 Å². The molecule has 15 heavy (non-hydrogen) atoms. The highest BCUT2D eigenvalue weighted by molar-refractivity contribution is 8.13. The molecule has 1 aromatic rings. The van der Waals surface area contributed by atoms with Crippen molar-refractivity contribution in [3.8, 4) is 5.75 Å². The van der Waals surface area contributed by atoms with Gasteiger partial charge >= 0.3 is 5.97 Å². The Morgan fingerprint density at radius 2 is 1.93 bits per heavy atom. The van der Waals surface area contributed by atoms with Gasteiger partial charge in [0.1, 0.15) is 11.3 Å². The number of aromatic carboxylic acids is 1. The number of benzene rings is 1. The van der Waals surface area contributed by atoms with Gasteiger partial charge in [0.25, 0.3) is 9.05 Å². The normalized spacial score (nSPS) is 11.3. The second-order valence-corrected chi connectivity index (χ2v) is 5.45. The predicted molar refractivity (Wildman–Crippen MR) is 52.8 cm³/mol. The van der Waals surface area contributed by atoms with Gasteiger partial charge in [0.05, 0.1) is 4.90 Å². The van der Waals surface area contributed by atoms with Gasteiger partial charge in [0.2, 0.25) is 0 Å². The quantitative estimate of drug-likeness (QED) is 0.773. The van der Waals surface area contributed by atoms with Crippen molar-refractivity contribution < 1.29 is 23.4 Å². The number of hydrogen-bond acceptors (Lipinski definition) is 4. The van der Waals surface area contributed by atoms with Gasteiger partial charge < -0.3 is 10.2 Å². The summed E-state index contributed by atoms with van der Waals surface area (Å²) in [7, 11) is 1.06. The van der Waals surface area contributed by atoms with E-state index < -0.39 is 26.3 Å². The highest BCUT2D eigenvalue weighted by atomic mass is 35.7. The van der Waals surface area contributed by atoms with Crippen molar-refractivity contribution in [1.29, 1.82) is 0 Å². The third-order valence-electron chi connectivity index (χ3n) is 1.79. The smallest absolute Gasteiger partial charge is 0.339 e. The monoisotopic (exact) mass is 250 g/mol. The van der Waals surface area contributed by atoms with E-state index in [4.69, 9.17) is 15.8 Å². The minimum Gasteiger partial charge on any atom is -0.507 e. The maximum absolute atomic E-state index is 11.0. The number of carboxylic acids is 1. The van der Waals surface area contributed by atoms with Crippen LogP contribution in [0.15, 0.2) is 17.0 Å². The first-order chi connectivity index (χ1) is 6.73. The number of carboxylic acid groups (broad SMARTS) is 1. The van der Waals surface area contributed by atoms with E-state index in [1.807, 2.05) is 0 Å². The maximum Gasteiger partial charge on any atom is 0.339 e. The summed E-state index contributed by atoms with van der Waals surface area (Å²) in [5.74, 6) is -1.88. The van der Waals surface area contributed by atoms with Gasteiger partial charge in [-0.15, -0.1) is 0 Å². The molecule has 0 aliphatic carbocycles. The van der Waals surface area contributed by atoms with Crippen molar-refractivity contribution in [2.75, 3.05) is 0 Å². The lowest BCUT2D eigenvalue weighted by atomic mass is 10.1. The van der Waals surface area contributed by atoms with E-state index in [2.05, 4.69) is 0 Å². The number of aromatic hydroxyl groups is 1. The number of halogens is 1. The van der Waals surface area contributed by atoms with Crippen LogP contribution in [0.2, 0.25) is 0 Å². The molecule has 0 amide bonds. The van der Waals surface area contributed by atoms with Crippen LogP contribution >= 0.6 is 10.7 Å². The van der Waals surface area contributed by atoms with E-state index in [9.17, 15) is 18.3 Å². The first-order valence-electron chi connectivity index (χ1n) is 3.75. The van der Waals surface area contributed by atoms with Crippen LogP contribution in [-0.4, -0.2) is 24.6 Å². The van der Waals surface area contributed by atoms with Gasteiger partial charge in [0, 0.05) is 10.7 Å². The van der Waals surface area contributed by atoms with Crippen molar-refractivity contribution in [1.82, 2.24) is 0 Å². The first-order valence-corrected chi connectivity index (χ1v) is 6.06. The molecule has 0 aromatic heterocycles. The van der Waals surface area contributed by atoms with E-state index in [1.165, 1.54) is 6.92 Å². The molecule has 0 fully saturated rings. The predicted octanol–water partition coefficient (Wildman–Crippen LogP) is 1.33. The summed E-state index contributed by atoms with van der Waals surface area (Å²) < 4.78 is 21.9. The number of carbonyl (C=O) groups is 1. The highest BCUT2D eigenvalue weighted by Crippen LogP contribution is 2.27. The highest BCUT2D eigenvalue weighted by Gasteiger charge is 2.18. The first kappa shape index (κ1) is 11.8. The number of hydrogen-bond donors (Lipinski definition) is 2. The lowest BCUT2D eigenvalue weighted by molar-refractivity contribution is 0.0693. The van der Waals surface area contributed by atoms with Crippen molar-refractivity contribution in [3.63, 3.8) is 0 Å². The van der Waals surface area contributed by atoms with Crippen molar-refractivity contribution >= 4 is 25.7 Å². The lowest BCUT2D eigenvalue weighted by Gasteiger charge is -2.05. The largest absolute Gasteiger partial charge is 0.507 e. The summed E-state index contributed by atoms with van der Waals surface area (Å²) in [4.78, 5) is 10.3. The number of phenols is 1. The second-order valence-electron chi connectivity index (χ2n) is 2.88. The van der Waals surface area contributed by atoms with Crippen LogP contribution in [0, 0.1) is 6.92 Å². The third kappa shape index (κ3) is 2.40. The van der Waals surface area contributed by atoms with Crippen LogP contribution in [0.1, 0.15) is 15.9 Å². The molecule has 0 heterocycles. The van der Waals surface area contributed by atoms with Gasteiger partial charge in [-0.3, -0.25) is 0 Å². The Bertz CT molecular complexity index is 520. The minimum absolute atomic E-state index is 0.133. The van der Waals surface area contributed by atoms with Crippen LogP contribution < -0.4 is 0 Å². The van der Waals surface area contributed by atoms with Gasteiger partial charge in [-0.05, 0) is 24.6 Å². The average molecular weight is 251 g/mol. The number of rotatable bonds is 2. The van der Waals surface area contributed by atoms with Crippen LogP contribution in [0.25, 0.3) is 0 Å². The molecule has 0 radical (unpaired) electrons. The second kappa shape index (κ2) is 3.71. The van der Waals surface area contributed by atoms with Crippen LogP contribution in [0.5, 0.6) is 5.75 Å². The van der Waals surface area contributed by atoms with E-state index >= 15 is 0 Å². The van der Waals surface area contributed by atoms with E-state index in [0.29, 0.717) is 0 Å². The lowest BCUT2D eigenvalue weighted by Crippen LogP contribution is -2.01. The number of aryl methyl sites for hydroxylation is 1. The standard InChI is InChI=1S/C8H7ClO5S/c1-4-2-5(15(9,13)14)3-6(7(4)10)8(11)12/h2-3,10H,1H3,(H,11,12). The van der Waals surface area contributed by atoms with Crippen LogP contribution in [0.3, 0.4) is 0 Å². The summed E-state index contributed by atoms with van der Waals surface area (Å²) in [6.45, 7) is 1.38. The molecule has 82 valence electrons. The summed E-state index contributed by atoms with van der Waals surface area (Å²) in [5, 5.41) is 18.0. The van der Waals surface area contributed by atoms with Gasteiger partial charge in [-0.2, -0.15) is 0 Å². The van der Waals surface area contributed by atoms with Gasteiger partial charge in [-0.25, -0.2) is 13.2 Å². The molecule has 0 aliphatic heterocycles. The summed E-state index contributed by atoms with van der Waals surface area (Å²) in [6.07, 6.45) is 0. The fourth-order valence-corrected chi connectivity index (χ4v) is 1.89. The fraction of sp³-hybridized carbons (Fsp3) is 0.125. The summed E-state index contributed by atoms with van der Waals surface area (Å²) in [5.41, 5.74) is -0.358. The molecule has 0 aliphatic rings. The van der Waals surface area contributed by atoms with E-state index in [0.717, 1.165) is 12.1 Å². The third-order valence-corrected chi connectivity index (χ3v) is 3.12. The van der Waals surface area contributed by atoms with Gasteiger partial charge in [-0.1, -0.05) is 0 Å². The SMILES string of the molecule is Cc1cc(S(=O)(=O)Cl)cc(C(=O)O)c1O. The Kier molecular flexibility index (Phi) is 2.92. The molecule has 0 unspecified atom stereocenters. The molecule has 2 N–H and O–H groups in total. The summed E-state index contributed by atoms with van der Waals surface area (Å²) >= 11 is 0. The van der Waals surface area contributed by atoms with Gasteiger partial charge in [0.15, 0.2) is 0 Å². The Labute approximate surface area is 90.3 Å². The molecular formula is C8H7ClO5S. The fourth-order valence-electron chi connectivity index (χ4n) is 1.05. The van der Waals surface area contributed by atoms with Crippen molar-refractivity contribution in [3.05, 3.63) is 23.3 Å². The Morgan fingerprint density at radius 3 is 2.33 bits per heavy atom. The van der Waals surface area contributed by atoms with Crippen molar-refractivity contribution in [2.24, 2.45) is 0 Å². The van der Waals surface area contributed by atoms with Crippen LogP contribution in [0.4, 0.5) is 0 Å². The van der Waals surface area contributed by atoms with Crippen molar-refractivity contribution in [2.45, 2.75) is 11.8 Å². The molecule has 0 saturated heterocycles. The minimum atomic E-state index is -4.00. The average Bonchev–Trinajstić information content (AvgIpc) is 2.06. The van der Waals surface area contributed by atoms with Crippen LogP contribution in [-0.2, 0) is 9.05 Å². The maximum atomic E-state index is 11.0. The molecule has 0 atom stereocenters. The molecule has 5 nitrogen and oxygen atoms in total. The zero-order chi connectivity index (χ0) is 11.8. The zero-order valence-corrected chi connectivity index (χ0v) is 9.13. The zero-order valence-electron chi connectivity index (χ0n) is 7.56. The Balaban J connectivity index is 3.57. The molecule has 7 heteroatoms. The van der Waals surface area contributed by atoms with E-state index in [-0.39, 0.29) is 10.5 Å². The molecule has 1 aromatic carbocycles.